The number of likely N-dealkylation sites (tertiary alicyclic amines) is 1. The summed E-state index contributed by atoms with van der Waals surface area (Å²) in [5.74, 6) is 0.0860. The van der Waals surface area contributed by atoms with Crippen LogP contribution < -0.4 is 10.1 Å². The minimum absolute atomic E-state index is 0.195. The Morgan fingerprint density at radius 2 is 2.00 bits per heavy atom. The van der Waals surface area contributed by atoms with Gasteiger partial charge >= 0.3 is 6.03 Å². The van der Waals surface area contributed by atoms with Crippen molar-refractivity contribution in [2.75, 3.05) is 39.9 Å². The highest BCUT2D eigenvalue weighted by Gasteiger charge is 2.49. The van der Waals surface area contributed by atoms with Gasteiger partial charge in [-0.1, -0.05) is 13.0 Å². The summed E-state index contributed by atoms with van der Waals surface area (Å²) in [6.45, 7) is 3.72. The topological polar surface area (TPSA) is 97.9 Å². The molecule has 3 aromatic rings. The molecule has 3 N–H and O–H groups in total. The number of fused-ring (bicyclic) bond motifs is 4. The number of nitrogens with one attached hydrogen (secondary N) is 2. The number of rotatable bonds is 5. The van der Waals surface area contributed by atoms with Crippen molar-refractivity contribution in [2.45, 2.75) is 37.6 Å². The number of H-pyrrole nitrogens is 1. The van der Waals surface area contributed by atoms with Crippen LogP contribution in [-0.4, -0.2) is 71.7 Å². The molecular formula is C28H33FN4O4. The Morgan fingerprint density at radius 1 is 1.22 bits per heavy atom. The number of aromatic amines is 1. The van der Waals surface area contributed by atoms with Crippen molar-refractivity contribution in [3.05, 3.63) is 65.1 Å². The summed E-state index contributed by atoms with van der Waals surface area (Å²) in [4.78, 5) is 33.3. The maximum absolute atomic E-state index is 13.7. The fourth-order valence-electron chi connectivity index (χ4n) is 5.90. The first-order valence-electron chi connectivity index (χ1n) is 12.8. The van der Waals surface area contributed by atoms with Gasteiger partial charge in [0.2, 0.25) is 0 Å². The second-order valence-corrected chi connectivity index (χ2v) is 9.97. The molecule has 1 aromatic heterocycles. The molecule has 5 rings (SSSR count). The number of hydrogen-bond donors (Lipinski definition) is 3. The largest absolute Gasteiger partial charge is 0.497 e. The molecule has 2 aliphatic heterocycles. The highest BCUT2D eigenvalue weighted by Crippen LogP contribution is 2.49. The Morgan fingerprint density at radius 3 is 2.68 bits per heavy atom. The summed E-state index contributed by atoms with van der Waals surface area (Å²) in [5, 5.41) is 14.4. The second-order valence-electron chi connectivity index (χ2n) is 9.97. The molecule has 0 radical (unpaired) electrons. The van der Waals surface area contributed by atoms with Crippen molar-refractivity contribution in [3.63, 3.8) is 0 Å². The van der Waals surface area contributed by atoms with Gasteiger partial charge in [-0.3, -0.25) is 4.79 Å². The van der Waals surface area contributed by atoms with Crippen LogP contribution in [0, 0.1) is 5.82 Å². The van der Waals surface area contributed by atoms with Gasteiger partial charge in [0.25, 0.3) is 5.91 Å². The highest BCUT2D eigenvalue weighted by atomic mass is 19.1. The summed E-state index contributed by atoms with van der Waals surface area (Å²) in [6, 6.07) is 10.9. The van der Waals surface area contributed by atoms with Gasteiger partial charge in [0.1, 0.15) is 11.6 Å². The molecule has 0 bridgehead atoms. The molecule has 3 heterocycles. The van der Waals surface area contributed by atoms with Gasteiger partial charge in [0, 0.05) is 59.8 Å². The molecule has 0 aliphatic carbocycles. The van der Waals surface area contributed by atoms with Gasteiger partial charge in [-0.25, -0.2) is 9.18 Å². The average molecular weight is 509 g/mol. The Balaban J connectivity index is 1.53. The van der Waals surface area contributed by atoms with E-state index >= 15 is 0 Å². The lowest BCUT2D eigenvalue weighted by Crippen LogP contribution is -2.57. The number of aliphatic hydroxyl groups is 1. The van der Waals surface area contributed by atoms with Crippen LogP contribution in [0.1, 0.15) is 53.8 Å². The van der Waals surface area contributed by atoms with Crippen LogP contribution in [0.5, 0.6) is 5.75 Å². The summed E-state index contributed by atoms with van der Waals surface area (Å²) in [7, 11) is 1.62. The molecule has 1 atom stereocenters. The maximum Gasteiger partial charge on any atom is 0.318 e. The summed E-state index contributed by atoms with van der Waals surface area (Å²) >= 11 is 0. The Labute approximate surface area is 215 Å². The number of ether oxygens (including phenoxy) is 1. The third-order valence-electron chi connectivity index (χ3n) is 7.79. The second kappa shape index (κ2) is 10.0. The van der Waals surface area contributed by atoms with E-state index in [1.807, 2.05) is 25.1 Å². The minimum Gasteiger partial charge on any atom is -0.497 e. The van der Waals surface area contributed by atoms with E-state index in [1.54, 1.807) is 29.0 Å². The highest BCUT2D eigenvalue weighted by molar-refractivity contribution is 5.94. The van der Waals surface area contributed by atoms with E-state index in [1.165, 1.54) is 12.1 Å². The minimum atomic E-state index is -0.511. The maximum atomic E-state index is 13.7. The molecule has 8 nitrogen and oxygen atoms in total. The molecule has 1 fully saturated rings. The molecule has 1 saturated heterocycles. The lowest BCUT2D eigenvalue weighted by molar-refractivity contribution is 0.0527. The van der Waals surface area contributed by atoms with Gasteiger partial charge in [0.05, 0.1) is 19.8 Å². The van der Waals surface area contributed by atoms with E-state index in [0.29, 0.717) is 50.3 Å². The third-order valence-corrected chi connectivity index (χ3v) is 7.79. The zero-order valence-corrected chi connectivity index (χ0v) is 21.2. The van der Waals surface area contributed by atoms with Crippen LogP contribution in [0.3, 0.4) is 0 Å². The van der Waals surface area contributed by atoms with Crippen molar-refractivity contribution in [2.24, 2.45) is 0 Å². The first kappa shape index (κ1) is 25.1. The zero-order chi connectivity index (χ0) is 26.2. The SMILES string of the molecule is CCCNC(=O)N1CC2(CCN(C(=O)c3cccc(F)c3)CC2)c2c([nH]c3cc(OC)ccc23)[C@H]1CO. The summed E-state index contributed by atoms with van der Waals surface area (Å²) in [5.41, 5.74) is 2.74. The molecule has 0 unspecified atom stereocenters. The van der Waals surface area contributed by atoms with Crippen LogP contribution in [0.25, 0.3) is 10.9 Å². The Bertz CT molecular complexity index is 1310. The predicted molar refractivity (Wildman–Crippen MR) is 138 cm³/mol. The number of halogens is 1. The molecule has 196 valence electrons. The van der Waals surface area contributed by atoms with E-state index in [4.69, 9.17) is 4.74 Å². The van der Waals surface area contributed by atoms with Gasteiger partial charge < -0.3 is 29.9 Å². The molecular weight excluding hydrogens is 475 g/mol. The predicted octanol–water partition coefficient (Wildman–Crippen LogP) is 3.96. The number of methoxy groups -OCH3 is 1. The van der Waals surface area contributed by atoms with Crippen molar-refractivity contribution in [1.82, 2.24) is 20.1 Å². The first-order valence-corrected chi connectivity index (χ1v) is 12.8. The number of carbonyl (C=O) groups is 2. The van der Waals surface area contributed by atoms with Crippen molar-refractivity contribution in [3.8, 4) is 5.75 Å². The molecule has 9 heteroatoms. The van der Waals surface area contributed by atoms with Gasteiger partial charge in [0.15, 0.2) is 0 Å². The average Bonchev–Trinajstić information content (AvgIpc) is 3.31. The zero-order valence-electron chi connectivity index (χ0n) is 21.2. The Kier molecular flexibility index (Phi) is 6.81. The monoisotopic (exact) mass is 508 g/mol. The fourth-order valence-corrected chi connectivity index (χ4v) is 5.90. The number of piperidine rings is 1. The number of aliphatic hydroxyl groups excluding tert-OH is 1. The number of amides is 3. The van der Waals surface area contributed by atoms with Crippen molar-refractivity contribution >= 4 is 22.8 Å². The first-order chi connectivity index (χ1) is 17.9. The van der Waals surface area contributed by atoms with E-state index in [2.05, 4.69) is 10.3 Å². The standard InChI is InChI=1S/C28H33FN4O4/c1-3-11-30-27(36)33-17-28(9-12-32(13-10-28)26(35)18-5-4-6-19(29)14-18)24-21-8-7-20(37-2)15-22(21)31-25(24)23(33)16-34/h4-8,14-15,23,31,34H,3,9-13,16-17H2,1-2H3,(H,30,36)/t23-/m1/s1. The quantitative estimate of drug-likeness (QED) is 0.486. The lowest BCUT2D eigenvalue weighted by atomic mass is 9.68. The molecule has 2 aromatic carbocycles. The number of hydrogen-bond acceptors (Lipinski definition) is 4. The van der Waals surface area contributed by atoms with Crippen LogP contribution in [0.2, 0.25) is 0 Å². The van der Waals surface area contributed by atoms with Crippen molar-refractivity contribution < 1.29 is 23.8 Å². The van der Waals surface area contributed by atoms with E-state index in [9.17, 15) is 19.1 Å². The fraction of sp³-hybridized carbons (Fsp3) is 0.429. The number of aromatic nitrogens is 1. The Hall–Kier alpha value is -3.59. The van der Waals surface area contributed by atoms with Gasteiger partial charge in [-0.2, -0.15) is 0 Å². The molecule has 3 amide bonds. The number of urea groups is 1. The van der Waals surface area contributed by atoms with Gasteiger partial charge in [-0.15, -0.1) is 0 Å². The normalized spacial score (nSPS) is 18.6. The summed E-state index contributed by atoms with van der Waals surface area (Å²) in [6.07, 6.45) is 2.08. The van der Waals surface area contributed by atoms with E-state index in [0.717, 1.165) is 28.6 Å². The van der Waals surface area contributed by atoms with Crippen molar-refractivity contribution in [1.29, 1.82) is 0 Å². The number of carbonyl (C=O) groups excluding carboxylic acids is 2. The number of benzene rings is 2. The lowest BCUT2D eigenvalue weighted by Gasteiger charge is -2.50. The van der Waals surface area contributed by atoms with E-state index in [-0.39, 0.29) is 18.5 Å². The summed E-state index contributed by atoms with van der Waals surface area (Å²) < 4.78 is 19.2. The molecule has 1 spiro atoms. The molecule has 37 heavy (non-hydrogen) atoms. The smallest absolute Gasteiger partial charge is 0.318 e. The van der Waals surface area contributed by atoms with Crippen LogP contribution in [-0.2, 0) is 5.41 Å². The van der Waals surface area contributed by atoms with Crippen LogP contribution >= 0.6 is 0 Å². The van der Waals surface area contributed by atoms with E-state index < -0.39 is 17.3 Å². The number of nitrogens with zero attached hydrogens (tertiary/aromatic N) is 2. The molecule has 0 saturated carbocycles. The third kappa shape index (κ3) is 4.41. The van der Waals surface area contributed by atoms with Crippen LogP contribution in [0.4, 0.5) is 9.18 Å². The van der Waals surface area contributed by atoms with Gasteiger partial charge in [-0.05, 0) is 55.2 Å². The molecule has 2 aliphatic rings. The van der Waals surface area contributed by atoms with Crippen LogP contribution in [0.15, 0.2) is 42.5 Å².